The quantitative estimate of drug-likeness (QED) is 0.131. The van der Waals surface area contributed by atoms with Crippen LogP contribution < -0.4 is 0 Å². The Morgan fingerprint density at radius 2 is 0.577 bits per heavy atom. The largest absolute Gasteiger partial charge is 0.0622 e. The molecule has 0 saturated carbocycles. The molecule has 0 heteroatoms. The van der Waals surface area contributed by atoms with Crippen molar-refractivity contribution in [2.75, 3.05) is 0 Å². The Balaban J connectivity index is 1.20. The first-order valence-corrected chi connectivity index (χ1v) is 18.1. The molecule has 0 fully saturated rings. The van der Waals surface area contributed by atoms with E-state index in [2.05, 4.69) is 194 Å². The van der Waals surface area contributed by atoms with Gasteiger partial charge in [-0.1, -0.05) is 194 Å². The molecule has 11 rings (SSSR count). The zero-order valence-electron chi connectivity index (χ0n) is 28.5. The molecule has 0 aliphatic heterocycles. The van der Waals surface area contributed by atoms with Gasteiger partial charge in [0.05, 0.1) is 0 Å². The second kappa shape index (κ2) is 11.4. The van der Waals surface area contributed by atoms with Crippen molar-refractivity contribution < 1.29 is 0 Å². The van der Waals surface area contributed by atoms with Crippen LogP contribution >= 0.6 is 0 Å². The van der Waals surface area contributed by atoms with E-state index in [4.69, 9.17) is 0 Å². The van der Waals surface area contributed by atoms with Crippen molar-refractivity contribution in [2.45, 2.75) is 0 Å². The van der Waals surface area contributed by atoms with Gasteiger partial charge >= 0.3 is 0 Å². The van der Waals surface area contributed by atoms with Gasteiger partial charge in [0.2, 0.25) is 0 Å². The molecule has 0 nitrogen and oxygen atoms in total. The molecule has 0 unspecified atom stereocenters. The van der Waals surface area contributed by atoms with Crippen molar-refractivity contribution in [3.05, 3.63) is 194 Å². The van der Waals surface area contributed by atoms with Gasteiger partial charge in [0.15, 0.2) is 0 Å². The summed E-state index contributed by atoms with van der Waals surface area (Å²) in [7, 11) is 0. The fourth-order valence-electron chi connectivity index (χ4n) is 8.97. The third kappa shape index (κ3) is 4.22. The Bertz CT molecular complexity index is 3130. The highest BCUT2D eigenvalue weighted by Gasteiger charge is 2.22. The van der Waals surface area contributed by atoms with E-state index in [-0.39, 0.29) is 0 Å². The summed E-state index contributed by atoms with van der Waals surface area (Å²) in [5.74, 6) is 0. The maximum absolute atomic E-state index is 2.37. The van der Waals surface area contributed by atoms with E-state index >= 15 is 0 Å². The van der Waals surface area contributed by atoms with Crippen molar-refractivity contribution in [2.24, 2.45) is 0 Å². The van der Waals surface area contributed by atoms with Crippen LogP contribution in [0.15, 0.2) is 194 Å². The maximum Gasteiger partial charge on any atom is -0.00137 e. The van der Waals surface area contributed by atoms with E-state index in [1.165, 1.54) is 109 Å². The summed E-state index contributed by atoms with van der Waals surface area (Å²) in [5, 5.41) is 15.7. The summed E-state index contributed by atoms with van der Waals surface area (Å²) in [4.78, 5) is 0. The highest BCUT2D eigenvalue weighted by atomic mass is 14.2. The lowest BCUT2D eigenvalue weighted by molar-refractivity contribution is 1.60. The normalized spacial score (nSPS) is 11.8. The minimum Gasteiger partial charge on any atom is -0.0622 e. The van der Waals surface area contributed by atoms with Gasteiger partial charge in [0, 0.05) is 0 Å². The van der Waals surface area contributed by atoms with E-state index in [1.807, 2.05) is 0 Å². The van der Waals surface area contributed by atoms with Gasteiger partial charge in [0.25, 0.3) is 0 Å². The summed E-state index contributed by atoms with van der Waals surface area (Å²) in [5.41, 5.74) is 10.0. The van der Waals surface area contributed by atoms with Gasteiger partial charge in [-0.05, 0) is 109 Å². The second-order valence-electron chi connectivity index (χ2n) is 13.9. The summed E-state index contributed by atoms with van der Waals surface area (Å²) in [6.07, 6.45) is 0. The van der Waals surface area contributed by atoms with E-state index in [1.54, 1.807) is 0 Å². The molecule has 0 radical (unpaired) electrons. The van der Waals surface area contributed by atoms with E-state index in [9.17, 15) is 0 Å². The zero-order chi connectivity index (χ0) is 34.2. The molecule has 0 bridgehead atoms. The molecular weight excluding hydrogens is 625 g/mol. The molecule has 0 aromatic heterocycles. The molecule has 0 spiro atoms. The molecule has 0 atom stereocenters. The Hall–Kier alpha value is -6.76. The van der Waals surface area contributed by atoms with E-state index < -0.39 is 0 Å². The van der Waals surface area contributed by atoms with E-state index in [0.717, 1.165) is 0 Å². The molecule has 11 aromatic carbocycles. The Morgan fingerprint density at radius 1 is 0.173 bits per heavy atom. The lowest BCUT2D eigenvalue weighted by Crippen LogP contribution is -1.94. The van der Waals surface area contributed by atoms with Crippen molar-refractivity contribution in [3.8, 4) is 44.5 Å². The third-order valence-electron chi connectivity index (χ3n) is 11.2. The lowest BCUT2D eigenvalue weighted by atomic mass is 9.81. The van der Waals surface area contributed by atoms with Gasteiger partial charge in [-0.2, -0.15) is 0 Å². The molecule has 240 valence electrons. The summed E-state index contributed by atoms with van der Waals surface area (Å²) in [6, 6.07) is 71.6. The molecule has 0 N–H and O–H groups in total. The molecule has 0 saturated heterocycles. The monoisotopic (exact) mass is 656 g/mol. The topological polar surface area (TPSA) is 0 Å². The first-order chi connectivity index (χ1) is 25.8. The molecule has 0 amide bonds. The van der Waals surface area contributed by atoms with Crippen LogP contribution in [0.3, 0.4) is 0 Å². The van der Waals surface area contributed by atoms with Crippen LogP contribution in [0.25, 0.3) is 109 Å². The molecule has 0 aliphatic rings. The Labute approximate surface area is 302 Å². The predicted octanol–water partition coefficient (Wildman–Crippen LogP) is 14.7. The van der Waals surface area contributed by atoms with E-state index in [0.29, 0.717) is 0 Å². The molecule has 11 aromatic rings. The first-order valence-electron chi connectivity index (χ1n) is 18.1. The van der Waals surface area contributed by atoms with Crippen molar-refractivity contribution in [1.29, 1.82) is 0 Å². The molecule has 0 aliphatic carbocycles. The smallest absolute Gasteiger partial charge is 0.00137 e. The van der Waals surface area contributed by atoms with Crippen molar-refractivity contribution in [3.63, 3.8) is 0 Å². The van der Waals surface area contributed by atoms with Crippen LogP contribution in [0.5, 0.6) is 0 Å². The predicted molar refractivity (Wildman–Crippen MR) is 224 cm³/mol. The number of benzene rings is 11. The number of fused-ring (bicyclic) bond motifs is 5. The van der Waals surface area contributed by atoms with Gasteiger partial charge in [-0.3, -0.25) is 0 Å². The van der Waals surface area contributed by atoms with Gasteiger partial charge in [0.1, 0.15) is 0 Å². The third-order valence-corrected chi connectivity index (χ3v) is 11.2. The summed E-state index contributed by atoms with van der Waals surface area (Å²) < 4.78 is 0. The SMILES string of the molecule is c1ccc(-c2ccc(-c3ccc(-c4c5ccccc5c5c6ccc(-c7ccccc7)c7cccc(c8cccc4c85)c76)c4ccccc34)cc2)cc1. The van der Waals surface area contributed by atoms with Crippen LogP contribution in [-0.4, -0.2) is 0 Å². The summed E-state index contributed by atoms with van der Waals surface area (Å²) >= 11 is 0. The minimum absolute atomic E-state index is 1.23. The van der Waals surface area contributed by atoms with Gasteiger partial charge < -0.3 is 0 Å². The van der Waals surface area contributed by atoms with Crippen LogP contribution in [0.2, 0.25) is 0 Å². The zero-order valence-corrected chi connectivity index (χ0v) is 28.5. The number of rotatable bonds is 4. The minimum atomic E-state index is 1.23. The maximum atomic E-state index is 2.37. The second-order valence-corrected chi connectivity index (χ2v) is 13.9. The Morgan fingerprint density at radius 3 is 1.31 bits per heavy atom. The van der Waals surface area contributed by atoms with Crippen LogP contribution in [0.1, 0.15) is 0 Å². The highest BCUT2D eigenvalue weighted by molar-refractivity contribution is 6.41. The number of hydrogen-bond donors (Lipinski definition) is 0. The average molecular weight is 657 g/mol. The molecule has 52 heavy (non-hydrogen) atoms. The standard InChI is InChI=1S/C52H32/c1-3-13-33(14-4-1)34-25-27-36(28-26-34)37-29-31-46(40-18-8-7-17-39(37)40)50-42-19-9-10-20-44(42)52-48-32-30-38(35-15-5-2-6-16-35)41-21-11-22-43(49(41)48)45-23-12-24-47(50)51(45)52/h1-32H. The first kappa shape index (κ1) is 29.0. The lowest BCUT2D eigenvalue weighted by Gasteiger charge is -2.22. The van der Waals surface area contributed by atoms with Crippen molar-refractivity contribution >= 4 is 64.6 Å². The van der Waals surface area contributed by atoms with Crippen molar-refractivity contribution in [1.82, 2.24) is 0 Å². The number of hydrogen-bond acceptors (Lipinski definition) is 0. The van der Waals surface area contributed by atoms with Gasteiger partial charge in [-0.25, -0.2) is 0 Å². The molecular formula is C52H32. The molecule has 0 heterocycles. The van der Waals surface area contributed by atoms with Crippen LogP contribution in [0.4, 0.5) is 0 Å². The van der Waals surface area contributed by atoms with Crippen LogP contribution in [0, 0.1) is 0 Å². The fraction of sp³-hybridized carbons (Fsp3) is 0. The van der Waals surface area contributed by atoms with Gasteiger partial charge in [-0.15, -0.1) is 0 Å². The Kier molecular flexibility index (Phi) is 6.35. The average Bonchev–Trinajstić information content (AvgIpc) is 3.22. The van der Waals surface area contributed by atoms with Crippen LogP contribution in [-0.2, 0) is 0 Å². The highest BCUT2D eigenvalue weighted by Crippen LogP contribution is 2.50. The fourth-order valence-corrected chi connectivity index (χ4v) is 8.97. The summed E-state index contributed by atoms with van der Waals surface area (Å²) in [6.45, 7) is 0.